The molecule has 0 radical (unpaired) electrons. The maximum absolute atomic E-state index is 6.49. The fourth-order valence-electron chi connectivity index (χ4n) is 2.42. The van der Waals surface area contributed by atoms with Gasteiger partial charge in [-0.2, -0.15) is 0 Å². The number of alkyl halides is 1. The SMILES string of the molecule is COc1ccc([C@@H]2CC(C)=C(C)C[C@H]2Cl)cc1. The summed E-state index contributed by atoms with van der Waals surface area (Å²) in [4.78, 5) is 0. The summed E-state index contributed by atoms with van der Waals surface area (Å²) in [5.74, 6) is 1.34. The van der Waals surface area contributed by atoms with Gasteiger partial charge in [0.25, 0.3) is 0 Å². The van der Waals surface area contributed by atoms with Gasteiger partial charge in [-0.25, -0.2) is 0 Å². The van der Waals surface area contributed by atoms with E-state index in [0.29, 0.717) is 5.92 Å². The van der Waals surface area contributed by atoms with Crippen LogP contribution in [-0.4, -0.2) is 12.5 Å². The fraction of sp³-hybridized carbons (Fsp3) is 0.467. The van der Waals surface area contributed by atoms with Gasteiger partial charge in [0.2, 0.25) is 0 Å². The van der Waals surface area contributed by atoms with E-state index in [1.54, 1.807) is 7.11 Å². The molecular weight excluding hydrogens is 232 g/mol. The number of ether oxygens (including phenoxy) is 1. The third-order valence-corrected chi connectivity index (χ3v) is 4.19. The molecule has 1 aromatic carbocycles. The molecule has 0 saturated heterocycles. The molecule has 17 heavy (non-hydrogen) atoms. The molecule has 1 nitrogen and oxygen atoms in total. The van der Waals surface area contributed by atoms with Crippen LogP contribution >= 0.6 is 11.6 Å². The Hall–Kier alpha value is -0.950. The van der Waals surface area contributed by atoms with Crippen molar-refractivity contribution < 1.29 is 4.74 Å². The molecule has 92 valence electrons. The van der Waals surface area contributed by atoms with Crippen LogP contribution in [0.3, 0.4) is 0 Å². The van der Waals surface area contributed by atoms with Crippen molar-refractivity contribution in [1.29, 1.82) is 0 Å². The van der Waals surface area contributed by atoms with Gasteiger partial charge in [-0.1, -0.05) is 23.3 Å². The van der Waals surface area contributed by atoms with Gasteiger partial charge >= 0.3 is 0 Å². The number of allylic oxidation sites excluding steroid dienone is 2. The molecule has 1 aromatic rings. The van der Waals surface area contributed by atoms with Crippen LogP contribution < -0.4 is 4.74 Å². The van der Waals surface area contributed by atoms with Crippen LogP contribution in [0.4, 0.5) is 0 Å². The van der Waals surface area contributed by atoms with E-state index in [4.69, 9.17) is 16.3 Å². The van der Waals surface area contributed by atoms with Crippen molar-refractivity contribution in [1.82, 2.24) is 0 Å². The van der Waals surface area contributed by atoms with Crippen molar-refractivity contribution >= 4 is 11.6 Å². The van der Waals surface area contributed by atoms with Gasteiger partial charge in [0, 0.05) is 11.3 Å². The Morgan fingerprint density at radius 3 is 2.24 bits per heavy atom. The highest BCUT2D eigenvalue weighted by molar-refractivity contribution is 6.21. The summed E-state index contributed by atoms with van der Waals surface area (Å²) in [6.07, 6.45) is 2.08. The minimum absolute atomic E-state index is 0.215. The molecule has 2 rings (SSSR count). The van der Waals surface area contributed by atoms with Crippen molar-refractivity contribution in [2.24, 2.45) is 0 Å². The number of benzene rings is 1. The minimum Gasteiger partial charge on any atom is -0.497 e. The van der Waals surface area contributed by atoms with E-state index in [2.05, 4.69) is 26.0 Å². The van der Waals surface area contributed by atoms with Crippen LogP contribution in [0.25, 0.3) is 0 Å². The number of halogens is 1. The Kier molecular flexibility index (Phi) is 3.78. The van der Waals surface area contributed by atoms with Crippen LogP contribution in [0.15, 0.2) is 35.4 Å². The van der Waals surface area contributed by atoms with E-state index in [1.807, 2.05) is 12.1 Å². The number of hydrogen-bond acceptors (Lipinski definition) is 1. The van der Waals surface area contributed by atoms with E-state index in [0.717, 1.165) is 18.6 Å². The van der Waals surface area contributed by atoms with Gasteiger partial charge in [0.05, 0.1) is 7.11 Å². The zero-order chi connectivity index (χ0) is 12.4. The Bertz CT molecular complexity index is 419. The molecule has 2 atom stereocenters. The molecule has 0 unspecified atom stereocenters. The first-order valence-electron chi connectivity index (χ1n) is 6.05. The maximum atomic E-state index is 6.49. The first-order chi connectivity index (χ1) is 8.11. The molecule has 1 aliphatic rings. The van der Waals surface area contributed by atoms with Crippen molar-refractivity contribution in [2.45, 2.75) is 38.0 Å². The number of rotatable bonds is 2. The summed E-state index contributed by atoms with van der Waals surface area (Å²) in [7, 11) is 1.69. The van der Waals surface area contributed by atoms with E-state index >= 15 is 0 Å². The topological polar surface area (TPSA) is 9.23 Å². The van der Waals surface area contributed by atoms with Crippen molar-refractivity contribution in [3.8, 4) is 5.75 Å². The Labute approximate surface area is 108 Å². The second kappa shape index (κ2) is 5.14. The molecule has 0 fully saturated rings. The lowest BCUT2D eigenvalue weighted by Gasteiger charge is -2.29. The molecular formula is C15H19ClO. The van der Waals surface area contributed by atoms with Crippen molar-refractivity contribution in [2.75, 3.05) is 7.11 Å². The highest BCUT2D eigenvalue weighted by Crippen LogP contribution is 2.39. The molecule has 0 saturated carbocycles. The summed E-state index contributed by atoms with van der Waals surface area (Å²) >= 11 is 6.49. The molecule has 0 N–H and O–H groups in total. The second-order valence-electron chi connectivity index (χ2n) is 4.86. The quantitative estimate of drug-likeness (QED) is 0.554. The van der Waals surface area contributed by atoms with E-state index in [1.165, 1.54) is 16.7 Å². The Morgan fingerprint density at radius 1 is 1.06 bits per heavy atom. The lowest BCUT2D eigenvalue weighted by molar-refractivity contribution is 0.414. The monoisotopic (exact) mass is 250 g/mol. The minimum atomic E-state index is 0.215. The molecule has 0 heterocycles. The molecule has 1 aliphatic carbocycles. The van der Waals surface area contributed by atoms with Crippen LogP contribution in [-0.2, 0) is 0 Å². The average molecular weight is 251 g/mol. The summed E-state index contributed by atoms with van der Waals surface area (Å²) < 4.78 is 5.18. The predicted octanol–water partition coefficient (Wildman–Crippen LogP) is 4.52. The van der Waals surface area contributed by atoms with Crippen LogP contribution in [0, 0.1) is 0 Å². The fourth-order valence-corrected chi connectivity index (χ4v) is 2.88. The van der Waals surface area contributed by atoms with E-state index in [-0.39, 0.29) is 5.38 Å². The highest BCUT2D eigenvalue weighted by Gasteiger charge is 2.26. The first-order valence-corrected chi connectivity index (χ1v) is 6.48. The average Bonchev–Trinajstić information content (AvgIpc) is 2.34. The molecule has 0 aliphatic heterocycles. The normalized spacial score (nSPS) is 24.9. The second-order valence-corrected chi connectivity index (χ2v) is 5.43. The third-order valence-electron chi connectivity index (χ3n) is 3.74. The maximum Gasteiger partial charge on any atom is 0.118 e. The zero-order valence-corrected chi connectivity index (χ0v) is 11.4. The lowest BCUT2D eigenvalue weighted by atomic mass is 9.81. The summed E-state index contributed by atoms with van der Waals surface area (Å²) in [5.41, 5.74) is 4.26. The number of hydrogen-bond donors (Lipinski definition) is 0. The molecule has 0 amide bonds. The smallest absolute Gasteiger partial charge is 0.118 e. The van der Waals surface area contributed by atoms with Gasteiger partial charge in [-0.15, -0.1) is 11.6 Å². The first kappa shape index (κ1) is 12.5. The van der Waals surface area contributed by atoms with Gasteiger partial charge in [-0.3, -0.25) is 0 Å². The third kappa shape index (κ3) is 2.66. The van der Waals surface area contributed by atoms with Crippen molar-refractivity contribution in [3.63, 3.8) is 0 Å². The van der Waals surface area contributed by atoms with E-state index < -0.39 is 0 Å². The summed E-state index contributed by atoms with van der Waals surface area (Å²) in [6, 6.07) is 8.29. The largest absolute Gasteiger partial charge is 0.497 e. The highest BCUT2D eigenvalue weighted by atomic mass is 35.5. The molecule has 0 spiro atoms. The van der Waals surface area contributed by atoms with Gasteiger partial charge < -0.3 is 4.74 Å². The molecule has 0 bridgehead atoms. The zero-order valence-electron chi connectivity index (χ0n) is 10.7. The molecule has 0 aromatic heterocycles. The Morgan fingerprint density at radius 2 is 1.65 bits per heavy atom. The van der Waals surface area contributed by atoms with Crippen LogP contribution in [0.5, 0.6) is 5.75 Å². The summed E-state index contributed by atoms with van der Waals surface area (Å²) in [5, 5.41) is 0.215. The summed E-state index contributed by atoms with van der Waals surface area (Å²) in [6.45, 7) is 4.41. The van der Waals surface area contributed by atoms with Crippen LogP contribution in [0.2, 0.25) is 0 Å². The Balaban J connectivity index is 2.22. The lowest BCUT2D eigenvalue weighted by Crippen LogP contribution is -2.19. The van der Waals surface area contributed by atoms with E-state index in [9.17, 15) is 0 Å². The standard InChI is InChI=1S/C15H19ClO/c1-10-8-14(15(16)9-11(10)2)12-4-6-13(17-3)7-5-12/h4-7,14-15H,8-9H2,1-3H3/t14-,15+/m0/s1. The van der Waals surface area contributed by atoms with Crippen molar-refractivity contribution in [3.05, 3.63) is 41.0 Å². The molecule has 2 heteroatoms. The van der Waals surface area contributed by atoms with Gasteiger partial charge in [0.1, 0.15) is 5.75 Å². The van der Waals surface area contributed by atoms with Gasteiger partial charge in [0.15, 0.2) is 0 Å². The van der Waals surface area contributed by atoms with Gasteiger partial charge in [-0.05, 0) is 44.4 Å². The van der Waals surface area contributed by atoms with Crippen LogP contribution in [0.1, 0.15) is 38.2 Å². The number of methoxy groups -OCH3 is 1. The predicted molar refractivity (Wildman–Crippen MR) is 73.0 cm³/mol.